The molecule has 3 unspecified atom stereocenters. The Bertz CT molecular complexity index is 1530. The number of aliphatic imine (C=N–C) groups is 1. The highest BCUT2D eigenvalue weighted by molar-refractivity contribution is 6.14. The van der Waals surface area contributed by atoms with Crippen molar-refractivity contribution in [2.45, 2.75) is 97.8 Å². The minimum Gasteiger partial charge on any atom is -0.444 e. The molecule has 1 aromatic carbocycles. The molecule has 0 bridgehead atoms. The summed E-state index contributed by atoms with van der Waals surface area (Å²) >= 11 is 0. The van der Waals surface area contributed by atoms with Crippen molar-refractivity contribution in [3.63, 3.8) is 0 Å². The third kappa shape index (κ3) is 8.34. The zero-order valence-corrected chi connectivity index (χ0v) is 28.4. The van der Waals surface area contributed by atoms with E-state index in [-0.39, 0.29) is 24.0 Å². The Morgan fingerprint density at radius 3 is 2.57 bits per heavy atom. The predicted molar refractivity (Wildman–Crippen MR) is 185 cm³/mol. The fourth-order valence-electron chi connectivity index (χ4n) is 6.65. The molecule has 3 aliphatic rings. The van der Waals surface area contributed by atoms with E-state index in [1.165, 1.54) is 11.6 Å². The zero-order chi connectivity index (χ0) is 33.4. The van der Waals surface area contributed by atoms with Gasteiger partial charge in [0.05, 0.1) is 23.7 Å². The second kappa shape index (κ2) is 15.4. The number of halogens is 1. The summed E-state index contributed by atoms with van der Waals surface area (Å²) in [6.45, 7) is 17.0. The Balaban J connectivity index is 1.62. The molecular weight excluding hydrogens is 575 g/mol. The number of carbonyl (C=O) groups excluding carboxylic acids is 1. The molecular formula is C39H49FN4O2. The lowest BCUT2D eigenvalue weighted by Gasteiger charge is -2.38. The lowest BCUT2D eigenvalue weighted by molar-refractivity contribution is 0.0153. The molecule has 1 amide bonds. The zero-order valence-electron chi connectivity index (χ0n) is 28.4. The van der Waals surface area contributed by atoms with Gasteiger partial charge >= 0.3 is 6.09 Å². The molecule has 0 radical (unpaired) electrons. The quantitative estimate of drug-likeness (QED) is 0.140. The molecule has 1 aromatic rings. The standard InChI is InChI=1S/C39H49FN4O2/c1-8-29-18-15-16-28(26-41)24-30(29)17-11-14-21-34(42-10-3)37(31(9-2)32-19-12-13-20-33(32)40)27(4)43-22-23-44(36-25-35(36)43)38(45)46-39(5,6)7/h9-10,12-13,15-16,18-20,24,29,35-36H,3,8,11,14,17,21-23,25H2,1-2,4-7H3/b31-9-,37-27+,42-34?. The van der Waals surface area contributed by atoms with Gasteiger partial charge in [-0.15, -0.1) is 0 Å². The molecule has 2 aliphatic carbocycles. The number of fused-ring (bicyclic) bond motifs is 1. The number of hydrogen-bond acceptors (Lipinski definition) is 5. The highest BCUT2D eigenvalue weighted by Crippen LogP contribution is 2.42. The first-order valence-corrected chi connectivity index (χ1v) is 16.6. The van der Waals surface area contributed by atoms with Gasteiger partial charge in [-0.1, -0.05) is 55.5 Å². The summed E-state index contributed by atoms with van der Waals surface area (Å²) in [5.74, 6) is 0.0424. The van der Waals surface area contributed by atoms with E-state index in [1.54, 1.807) is 12.3 Å². The highest BCUT2D eigenvalue weighted by atomic mass is 19.1. The van der Waals surface area contributed by atoms with E-state index in [9.17, 15) is 10.1 Å². The first-order chi connectivity index (χ1) is 22.0. The Labute approximate surface area is 275 Å². The second-order valence-electron chi connectivity index (χ2n) is 13.2. The number of nitriles is 1. The lowest BCUT2D eigenvalue weighted by atomic mass is 9.88. The molecule has 6 nitrogen and oxygen atoms in total. The number of amides is 1. The topological polar surface area (TPSA) is 68.9 Å². The molecule has 46 heavy (non-hydrogen) atoms. The average molecular weight is 625 g/mol. The number of piperazine rings is 1. The summed E-state index contributed by atoms with van der Waals surface area (Å²) < 4.78 is 21.0. The molecule has 2 fully saturated rings. The molecule has 1 heterocycles. The van der Waals surface area contributed by atoms with Gasteiger partial charge in [-0.25, -0.2) is 9.18 Å². The summed E-state index contributed by atoms with van der Waals surface area (Å²) in [7, 11) is 0. The lowest BCUT2D eigenvalue weighted by Crippen LogP contribution is -2.49. The van der Waals surface area contributed by atoms with Crippen LogP contribution in [0.25, 0.3) is 5.57 Å². The van der Waals surface area contributed by atoms with Gasteiger partial charge in [0.2, 0.25) is 0 Å². The predicted octanol–water partition coefficient (Wildman–Crippen LogP) is 9.31. The van der Waals surface area contributed by atoms with Crippen LogP contribution in [0.1, 0.15) is 85.6 Å². The maximum absolute atomic E-state index is 15.3. The third-order valence-corrected chi connectivity index (χ3v) is 8.92. The largest absolute Gasteiger partial charge is 0.444 e. The number of carbonyl (C=O) groups is 1. The average Bonchev–Trinajstić information content (AvgIpc) is 3.84. The molecule has 0 aromatic heterocycles. The normalized spacial score (nSPS) is 22.2. The second-order valence-corrected chi connectivity index (χ2v) is 13.2. The maximum Gasteiger partial charge on any atom is 0.410 e. The molecule has 244 valence electrons. The van der Waals surface area contributed by atoms with Gasteiger partial charge in [-0.2, -0.15) is 5.26 Å². The molecule has 1 saturated heterocycles. The molecule has 3 atom stereocenters. The highest BCUT2D eigenvalue weighted by Gasteiger charge is 2.52. The van der Waals surface area contributed by atoms with Crippen molar-refractivity contribution in [1.82, 2.24) is 9.80 Å². The van der Waals surface area contributed by atoms with E-state index < -0.39 is 5.60 Å². The van der Waals surface area contributed by atoms with Crippen LogP contribution in [0.3, 0.4) is 0 Å². The number of allylic oxidation sites excluding steroid dienone is 10. The summed E-state index contributed by atoms with van der Waals surface area (Å²) in [4.78, 5) is 22.0. The fourth-order valence-corrected chi connectivity index (χ4v) is 6.65. The fraction of sp³-hybridized carbons (Fsp3) is 0.462. The Morgan fingerprint density at radius 1 is 1.20 bits per heavy atom. The smallest absolute Gasteiger partial charge is 0.410 e. The van der Waals surface area contributed by atoms with Crippen molar-refractivity contribution in [2.24, 2.45) is 10.9 Å². The van der Waals surface area contributed by atoms with Crippen molar-refractivity contribution in [2.75, 3.05) is 13.1 Å². The SMILES string of the molecule is C=CN=C(CCCCC1=CC(C#N)=CC=CC1CC)C(/C(=C\C)c1ccccc1F)=C(\C)N1CCN(C(=O)OC(C)(C)C)C2CC21. The van der Waals surface area contributed by atoms with Crippen LogP contribution in [0.2, 0.25) is 0 Å². The number of nitrogens with zero attached hydrogens (tertiary/aromatic N) is 4. The van der Waals surface area contributed by atoms with Crippen LogP contribution < -0.4 is 0 Å². The van der Waals surface area contributed by atoms with Gasteiger partial charge < -0.3 is 14.5 Å². The van der Waals surface area contributed by atoms with Crippen LogP contribution in [0.15, 0.2) is 94.8 Å². The first-order valence-electron chi connectivity index (χ1n) is 16.6. The molecule has 0 N–H and O–H groups in total. The molecule has 4 rings (SSSR count). The Morgan fingerprint density at radius 2 is 1.91 bits per heavy atom. The van der Waals surface area contributed by atoms with E-state index in [0.717, 1.165) is 54.7 Å². The summed E-state index contributed by atoms with van der Waals surface area (Å²) in [6.07, 6.45) is 16.6. The molecule has 7 heteroatoms. The van der Waals surface area contributed by atoms with Crippen molar-refractivity contribution < 1.29 is 13.9 Å². The summed E-state index contributed by atoms with van der Waals surface area (Å²) in [5.41, 5.74) is 5.57. The minimum atomic E-state index is -0.548. The molecule has 0 spiro atoms. The monoisotopic (exact) mass is 624 g/mol. The van der Waals surface area contributed by atoms with Gasteiger partial charge in [0.25, 0.3) is 0 Å². The van der Waals surface area contributed by atoms with Crippen molar-refractivity contribution in [1.29, 1.82) is 5.26 Å². The molecule has 1 aliphatic heterocycles. The van der Waals surface area contributed by atoms with Gasteiger partial charge in [0.1, 0.15) is 11.4 Å². The van der Waals surface area contributed by atoms with E-state index >= 15 is 4.39 Å². The van der Waals surface area contributed by atoms with Crippen LogP contribution in [-0.2, 0) is 4.74 Å². The van der Waals surface area contributed by atoms with Crippen LogP contribution >= 0.6 is 0 Å². The van der Waals surface area contributed by atoms with Crippen LogP contribution in [0, 0.1) is 23.1 Å². The van der Waals surface area contributed by atoms with Crippen molar-refractivity contribution in [3.05, 3.63) is 101 Å². The number of unbranched alkanes of at least 4 members (excludes halogenated alkanes) is 1. The third-order valence-electron chi connectivity index (χ3n) is 8.92. The van der Waals surface area contributed by atoms with Gasteiger partial charge in [-0.05, 0) is 103 Å². The van der Waals surface area contributed by atoms with E-state index in [4.69, 9.17) is 9.73 Å². The van der Waals surface area contributed by atoms with Crippen molar-refractivity contribution in [3.8, 4) is 6.07 Å². The number of benzene rings is 1. The van der Waals surface area contributed by atoms with Gasteiger partial charge in [0, 0.05) is 41.8 Å². The molecule has 1 saturated carbocycles. The van der Waals surface area contributed by atoms with Crippen LogP contribution in [0.4, 0.5) is 9.18 Å². The van der Waals surface area contributed by atoms with Crippen LogP contribution in [-0.4, -0.2) is 52.4 Å². The number of rotatable bonds is 11. The summed E-state index contributed by atoms with van der Waals surface area (Å²) in [6, 6.07) is 9.43. The maximum atomic E-state index is 15.3. The Kier molecular flexibility index (Phi) is 11.6. The summed E-state index contributed by atoms with van der Waals surface area (Å²) in [5, 5.41) is 9.53. The first kappa shape index (κ1) is 34.7. The number of ether oxygens (including phenoxy) is 1. The van der Waals surface area contributed by atoms with Gasteiger partial charge in [0.15, 0.2) is 0 Å². The minimum absolute atomic E-state index is 0.0860. The Hall–Kier alpha value is -4.18. The van der Waals surface area contributed by atoms with Gasteiger partial charge in [-0.3, -0.25) is 4.99 Å². The van der Waals surface area contributed by atoms with E-state index in [1.807, 2.05) is 69.0 Å². The van der Waals surface area contributed by atoms with E-state index in [2.05, 4.69) is 37.5 Å². The van der Waals surface area contributed by atoms with Crippen LogP contribution in [0.5, 0.6) is 0 Å². The van der Waals surface area contributed by atoms with E-state index in [0.29, 0.717) is 36.6 Å². The number of hydrogen-bond donors (Lipinski definition) is 0. The van der Waals surface area contributed by atoms with Crippen molar-refractivity contribution >= 4 is 17.4 Å².